The van der Waals surface area contributed by atoms with Crippen LogP contribution in [0.15, 0.2) is 42.9 Å². The van der Waals surface area contributed by atoms with Crippen molar-refractivity contribution in [2.45, 2.75) is 32.1 Å². The molecular weight excluding hydrogens is 402 g/mol. The molecule has 1 unspecified atom stereocenters. The molecule has 1 fully saturated rings. The number of nitrogens with zero attached hydrogens (tertiary/aromatic N) is 4. The van der Waals surface area contributed by atoms with Crippen LogP contribution in [0, 0.1) is 0 Å². The molecule has 2 aliphatic rings. The van der Waals surface area contributed by atoms with E-state index in [1.54, 1.807) is 18.6 Å². The summed E-state index contributed by atoms with van der Waals surface area (Å²) in [5, 5.41) is 0. The van der Waals surface area contributed by atoms with E-state index in [9.17, 15) is 4.79 Å². The summed E-state index contributed by atoms with van der Waals surface area (Å²) in [7, 11) is 0. The van der Waals surface area contributed by atoms with Crippen LogP contribution in [0.3, 0.4) is 0 Å². The van der Waals surface area contributed by atoms with Gasteiger partial charge < -0.3 is 15.4 Å². The number of benzene rings is 1. The first-order valence-corrected chi connectivity index (χ1v) is 11.1. The number of hydrogen-bond donors (Lipinski definition) is 1. The number of anilines is 2. The van der Waals surface area contributed by atoms with Gasteiger partial charge in [0.15, 0.2) is 11.6 Å². The van der Waals surface area contributed by atoms with Crippen LogP contribution in [0.5, 0.6) is 0 Å². The van der Waals surface area contributed by atoms with E-state index >= 15 is 0 Å². The number of rotatable bonds is 5. The first kappa shape index (κ1) is 20.6. The molecule has 1 aliphatic carbocycles. The fourth-order valence-corrected chi connectivity index (χ4v) is 4.66. The van der Waals surface area contributed by atoms with Gasteiger partial charge in [0, 0.05) is 48.7 Å². The van der Waals surface area contributed by atoms with Gasteiger partial charge in [0.2, 0.25) is 0 Å². The molecule has 164 valence electrons. The number of ketones is 1. The van der Waals surface area contributed by atoms with Crippen molar-refractivity contribution in [2.75, 3.05) is 36.9 Å². The highest BCUT2D eigenvalue weighted by molar-refractivity contribution is 6.00. The summed E-state index contributed by atoms with van der Waals surface area (Å²) in [4.78, 5) is 28.6. The maximum atomic E-state index is 13.2. The van der Waals surface area contributed by atoms with Crippen LogP contribution in [0.4, 0.5) is 11.5 Å². The predicted molar refractivity (Wildman–Crippen MR) is 124 cm³/mol. The summed E-state index contributed by atoms with van der Waals surface area (Å²) >= 11 is 0. The van der Waals surface area contributed by atoms with E-state index in [2.05, 4.69) is 45.0 Å². The second kappa shape index (κ2) is 8.67. The number of aryl methyl sites for hydroxylation is 1. The molecular formula is C25H27N5O2. The minimum Gasteiger partial charge on any atom is -0.382 e. The Morgan fingerprint density at radius 2 is 2.06 bits per heavy atom. The molecule has 1 aromatic carbocycles. The molecule has 1 saturated heterocycles. The number of ether oxygens (including phenoxy) is 1. The molecule has 1 aliphatic heterocycles. The highest BCUT2D eigenvalue weighted by Gasteiger charge is 2.22. The molecule has 2 N–H and O–H groups in total. The lowest BCUT2D eigenvalue weighted by Gasteiger charge is -2.30. The highest BCUT2D eigenvalue weighted by atomic mass is 16.5. The molecule has 32 heavy (non-hydrogen) atoms. The number of pyridine rings is 1. The maximum absolute atomic E-state index is 13.2. The lowest BCUT2D eigenvalue weighted by Crippen LogP contribution is -2.37. The average molecular weight is 430 g/mol. The molecule has 3 heterocycles. The molecule has 3 aromatic rings. The largest absolute Gasteiger partial charge is 0.382 e. The van der Waals surface area contributed by atoms with Gasteiger partial charge in [0.25, 0.3) is 0 Å². The van der Waals surface area contributed by atoms with E-state index < -0.39 is 0 Å². The third kappa shape index (κ3) is 3.96. The SMILES string of the molecule is CC1CCc2cc(-c3cnc(N)c(C(=O)Cc4cnccc4N4CCOCC4)n3)ccc21. The number of nitrogens with two attached hydrogens (primary N) is 1. The molecule has 0 radical (unpaired) electrons. The van der Waals surface area contributed by atoms with Gasteiger partial charge in [0.1, 0.15) is 5.69 Å². The minimum absolute atomic E-state index is 0.158. The Balaban J connectivity index is 1.42. The Labute approximate surface area is 187 Å². The first-order valence-electron chi connectivity index (χ1n) is 11.1. The summed E-state index contributed by atoms with van der Waals surface area (Å²) in [5.41, 5.74) is 12.6. The van der Waals surface area contributed by atoms with E-state index in [1.807, 2.05) is 6.07 Å². The Morgan fingerprint density at radius 3 is 2.91 bits per heavy atom. The van der Waals surface area contributed by atoms with Gasteiger partial charge in [-0.15, -0.1) is 0 Å². The Hall–Kier alpha value is -3.32. The van der Waals surface area contributed by atoms with Crippen LogP contribution >= 0.6 is 0 Å². The van der Waals surface area contributed by atoms with Crippen LogP contribution in [0.1, 0.15) is 46.4 Å². The van der Waals surface area contributed by atoms with Crippen LogP contribution in [0.2, 0.25) is 0 Å². The normalized spacial score (nSPS) is 17.9. The first-order chi connectivity index (χ1) is 15.6. The summed E-state index contributed by atoms with van der Waals surface area (Å²) in [6.07, 6.45) is 7.57. The molecule has 2 aromatic heterocycles. The number of morpholine rings is 1. The number of Topliss-reactive ketones (excluding diaryl/α,β-unsaturated/α-hetero) is 1. The predicted octanol–water partition coefficient (Wildman–Crippen LogP) is 3.43. The standard InChI is InChI=1S/C25H27N5O2/c1-16-2-3-17-12-18(4-5-20(16)17)21-15-28-25(26)24(29-21)23(31)13-19-14-27-7-6-22(19)30-8-10-32-11-9-30/h4-7,12,14-16H,2-3,8-11,13H2,1H3,(H2,26,28). The lowest BCUT2D eigenvalue weighted by molar-refractivity contribution is 0.0988. The van der Waals surface area contributed by atoms with Crippen molar-refractivity contribution < 1.29 is 9.53 Å². The molecule has 0 spiro atoms. The third-order valence-corrected chi connectivity index (χ3v) is 6.46. The zero-order chi connectivity index (χ0) is 22.1. The fraction of sp³-hybridized carbons (Fsp3) is 0.360. The Bertz CT molecular complexity index is 1160. The zero-order valence-corrected chi connectivity index (χ0v) is 18.3. The van der Waals surface area contributed by atoms with Gasteiger partial charge in [-0.25, -0.2) is 9.97 Å². The van der Waals surface area contributed by atoms with Crippen molar-refractivity contribution in [1.29, 1.82) is 0 Å². The van der Waals surface area contributed by atoms with Crippen LogP contribution in [-0.2, 0) is 17.6 Å². The highest BCUT2D eigenvalue weighted by Crippen LogP contribution is 2.35. The average Bonchev–Trinajstić information content (AvgIpc) is 3.20. The monoisotopic (exact) mass is 429 g/mol. The number of hydrogen-bond acceptors (Lipinski definition) is 7. The fourth-order valence-electron chi connectivity index (χ4n) is 4.66. The van der Waals surface area contributed by atoms with Crippen molar-refractivity contribution in [3.8, 4) is 11.3 Å². The zero-order valence-electron chi connectivity index (χ0n) is 18.3. The quantitative estimate of drug-likeness (QED) is 0.621. The summed E-state index contributed by atoms with van der Waals surface area (Å²) in [5.74, 6) is 0.591. The molecule has 7 nitrogen and oxygen atoms in total. The van der Waals surface area contributed by atoms with Gasteiger partial charge in [-0.3, -0.25) is 9.78 Å². The number of carbonyl (C=O) groups excluding carboxylic acids is 1. The molecule has 7 heteroatoms. The van der Waals surface area contributed by atoms with Crippen LogP contribution < -0.4 is 10.6 Å². The molecule has 0 saturated carbocycles. The summed E-state index contributed by atoms with van der Waals surface area (Å²) in [6.45, 7) is 5.19. The summed E-state index contributed by atoms with van der Waals surface area (Å²) in [6, 6.07) is 8.36. The minimum atomic E-state index is -0.158. The smallest absolute Gasteiger partial charge is 0.189 e. The number of nitrogen functional groups attached to an aromatic ring is 1. The van der Waals surface area contributed by atoms with Crippen LogP contribution in [-0.4, -0.2) is 47.0 Å². The van der Waals surface area contributed by atoms with Gasteiger partial charge in [-0.05, 0) is 42.0 Å². The Morgan fingerprint density at radius 1 is 1.22 bits per heavy atom. The number of carbonyl (C=O) groups is 1. The van der Waals surface area contributed by atoms with Crippen molar-refractivity contribution in [2.24, 2.45) is 0 Å². The van der Waals surface area contributed by atoms with Crippen LogP contribution in [0.25, 0.3) is 11.3 Å². The van der Waals surface area contributed by atoms with E-state index in [0.717, 1.165) is 36.3 Å². The van der Waals surface area contributed by atoms with Gasteiger partial charge in [0.05, 0.1) is 25.1 Å². The van der Waals surface area contributed by atoms with E-state index in [0.29, 0.717) is 24.8 Å². The molecule has 1 atom stereocenters. The topological polar surface area (TPSA) is 94.2 Å². The van der Waals surface area contributed by atoms with Crippen molar-refractivity contribution >= 4 is 17.3 Å². The molecule has 0 bridgehead atoms. The lowest BCUT2D eigenvalue weighted by atomic mass is 10.0. The van der Waals surface area contributed by atoms with E-state index in [4.69, 9.17) is 10.5 Å². The van der Waals surface area contributed by atoms with Crippen molar-refractivity contribution in [1.82, 2.24) is 15.0 Å². The van der Waals surface area contributed by atoms with E-state index in [-0.39, 0.29) is 23.7 Å². The van der Waals surface area contributed by atoms with Gasteiger partial charge >= 0.3 is 0 Å². The molecule has 0 amide bonds. The number of fused-ring (bicyclic) bond motifs is 1. The summed E-state index contributed by atoms with van der Waals surface area (Å²) < 4.78 is 5.46. The van der Waals surface area contributed by atoms with Crippen molar-refractivity contribution in [3.63, 3.8) is 0 Å². The number of aromatic nitrogens is 3. The second-order valence-corrected chi connectivity index (χ2v) is 8.55. The van der Waals surface area contributed by atoms with Crippen molar-refractivity contribution in [3.05, 3.63) is 65.2 Å². The van der Waals surface area contributed by atoms with Gasteiger partial charge in [-0.1, -0.05) is 19.1 Å². The molecule has 5 rings (SSSR count). The second-order valence-electron chi connectivity index (χ2n) is 8.55. The van der Waals surface area contributed by atoms with Gasteiger partial charge in [-0.2, -0.15) is 0 Å². The van der Waals surface area contributed by atoms with E-state index in [1.165, 1.54) is 17.5 Å². The third-order valence-electron chi connectivity index (χ3n) is 6.46. The maximum Gasteiger partial charge on any atom is 0.189 e. The Kier molecular flexibility index (Phi) is 5.57.